The number of benzene rings is 1. The fraction of sp³-hybridized carbons (Fsp3) is 0.400. The van der Waals surface area contributed by atoms with E-state index in [0.717, 1.165) is 43.0 Å². The average molecular weight is 358 g/mol. The van der Waals surface area contributed by atoms with Crippen molar-refractivity contribution in [2.75, 3.05) is 0 Å². The Kier molecular flexibility index (Phi) is 7.48. The molecule has 2 heterocycles. The van der Waals surface area contributed by atoms with Gasteiger partial charge in [-0.2, -0.15) is 0 Å². The molecule has 0 bridgehead atoms. The van der Waals surface area contributed by atoms with Gasteiger partial charge in [0, 0.05) is 13.0 Å². The maximum absolute atomic E-state index is 12.1. The number of halogens is 2. The van der Waals surface area contributed by atoms with Crippen molar-refractivity contribution >= 4 is 30.7 Å². The van der Waals surface area contributed by atoms with Crippen LogP contribution in [-0.2, 0) is 24.3 Å². The number of carbonyl (C=O) groups is 1. The molecular formula is C15H21Cl2N5O. The van der Waals surface area contributed by atoms with Crippen molar-refractivity contribution in [2.45, 2.75) is 38.4 Å². The summed E-state index contributed by atoms with van der Waals surface area (Å²) >= 11 is 0. The van der Waals surface area contributed by atoms with Gasteiger partial charge in [0.05, 0.1) is 6.54 Å². The van der Waals surface area contributed by atoms with E-state index in [0.29, 0.717) is 6.54 Å². The van der Waals surface area contributed by atoms with Crippen molar-refractivity contribution in [3.05, 3.63) is 47.5 Å². The third-order valence-electron chi connectivity index (χ3n) is 3.80. The second-order valence-electron chi connectivity index (χ2n) is 5.25. The molecule has 3 N–H and O–H groups in total. The van der Waals surface area contributed by atoms with Crippen molar-refractivity contribution in [3.8, 4) is 0 Å². The van der Waals surface area contributed by atoms with Gasteiger partial charge in [-0.3, -0.25) is 4.79 Å². The van der Waals surface area contributed by atoms with Gasteiger partial charge in [0.15, 0.2) is 5.82 Å². The minimum atomic E-state index is -0.657. The maximum Gasteiger partial charge on any atom is 0.241 e. The zero-order valence-electron chi connectivity index (χ0n) is 12.6. The molecule has 1 amide bonds. The van der Waals surface area contributed by atoms with E-state index >= 15 is 0 Å². The van der Waals surface area contributed by atoms with Crippen LogP contribution in [0, 0.1) is 0 Å². The topological polar surface area (TPSA) is 85.8 Å². The molecule has 1 unspecified atom stereocenters. The van der Waals surface area contributed by atoms with Crippen molar-refractivity contribution in [1.82, 2.24) is 20.1 Å². The lowest BCUT2D eigenvalue weighted by Gasteiger charge is -2.16. The van der Waals surface area contributed by atoms with E-state index in [9.17, 15) is 4.79 Å². The van der Waals surface area contributed by atoms with E-state index in [-0.39, 0.29) is 30.7 Å². The van der Waals surface area contributed by atoms with Crippen molar-refractivity contribution in [1.29, 1.82) is 0 Å². The van der Waals surface area contributed by atoms with Crippen LogP contribution in [0.1, 0.15) is 36.1 Å². The minimum Gasteiger partial charge on any atom is -0.347 e. The van der Waals surface area contributed by atoms with Crippen LogP contribution in [0.3, 0.4) is 0 Å². The van der Waals surface area contributed by atoms with E-state index in [4.69, 9.17) is 5.73 Å². The molecule has 1 aromatic carbocycles. The lowest BCUT2D eigenvalue weighted by atomic mass is 10.1. The molecule has 1 atom stereocenters. The number of rotatable bonds is 4. The molecule has 1 aliphatic rings. The zero-order chi connectivity index (χ0) is 14.7. The van der Waals surface area contributed by atoms with E-state index < -0.39 is 6.04 Å². The second kappa shape index (κ2) is 8.86. The van der Waals surface area contributed by atoms with Gasteiger partial charge in [-0.1, -0.05) is 30.3 Å². The van der Waals surface area contributed by atoms with Crippen molar-refractivity contribution < 1.29 is 4.79 Å². The van der Waals surface area contributed by atoms with Crippen LogP contribution in [0.2, 0.25) is 0 Å². The standard InChI is InChI=1S/C15H19N5O.2ClH/c16-14(11-6-2-1-3-7-11)15(21)17-10-13-19-18-12-8-4-5-9-20(12)13;;/h1-3,6-7,14H,4-5,8-10,16H2,(H,17,21);2*1H. The normalized spacial score (nSPS) is 14.0. The molecule has 0 fully saturated rings. The van der Waals surface area contributed by atoms with Crippen LogP contribution in [0.15, 0.2) is 30.3 Å². The van der Waals surface area contributed by atoms with E-state index in [1.54, 1.807) is 0 Å². The predicted molar refractivity (Wildman–Crippen MR) is 92.7 cm³/mol. The van der Waals surface area contributed by atoms with Crippen LogP contribution >= 0.6 is 24.8 Å². The Morgan fingerprint density at radius 2 is 1.96 bits per heavy atom. The maximum atomic E-state index is 12.1. The summed E-state index contributed by atoms with van der Waals surface area (Å²) in [5, 5.41) is 11.2. The zero-order valence-corrected chi connectivity index (χ0v) is 14.3. The summed E-state index contributed by atoms with van der Waals surface area (Å²) in [4.78, 5) is 12.1. The number of carbonyl (C=O) groups excluding carboxylic acids is 1. The van der Waals surface area contributed by atoms with Crippen LogP contribution in [-0.4, -0.2) is 20.7 Å². The molecule has 2 aromatic rings. The van der Waals surface area contributed by atoms with Gasteiger partial charge in [-0.05, 0) is 18.4 Å². The van der Waals surface area contributed by atoms with Crippen LogP contribution in [0.25, 0.3) is 0 Å². The van der Waals surface area contributed by atoms with Crippen LogP contribution in [0.4, 0.5) is 0 Å². The first-order valence-corrected chi connectivity index (χ1v) is 7.25. The first kappa shape index (κ1) is 19.4. The van der Waals surface area contributed by atoms with Crippen molar-refractivity contribution in [3.63, 3.8) is 0 Å². The number of aromatic nitrogens is 3. The lowest BCUT2D eigenvalue weighted by Crippen LogP contribution is -2.34. The number of aryl methyl sites for hydroxylation is 1. The Hall–Kier alpha value is -1.63. The number of hydrogen-bond acceptors (Lipinski definition) is 4. The monoisotopic (exact) mass is 357 g/mol. The smallest absolute Gasteiger partial charge is 0.241 e. The number of hydrogen-bond donors (Lipinski definition) is 2. The fourth-order valence-corrected chi connectivity index (χ4v) is 2.59. The summed E-state index contributed by atoms with van der Waals surface area (Å²) in [6.45, 7) is 1.30. The first-order valence-electron chi connectivity index (χ1n) is 7.25. The molecule has 126 valence electrons. The van der Waals surface area contributed by atoms with E-state index in [1.165, 1.54) is 0 Å². The van der Waals surface area contributed by atoms with Gasteiger partial charge >= 0.3 is 0 Å². The first-order chi connectivity index (χ1) is 10.3. The fourth-order valence-electron chi connectivity index (χ4n) is 2.59. The molecule has 0 saturated carbocycles. The summed E-state index contributed by atoms with van der Waals surface area (Å²) in [5.74, 6) is 1.62. The van der Waals surface area contributed by atoms with Crippen molar-refractivity contribution in [2.24, 2.45) is 5.73 Å². The molecular weight excluding hydrogens is 337 g/mol. The highest BCUT2D eigenvalue weighted by Crippen LogP contribution is 2.14. The molecule has 8 heteroatoms. The van der Waals surface area contributed by atoms with Gasteiger partial charge in [-0.25, -0.2) is 0 Å². The molecule has 23 heavy (non-hydrogen) atoms. The summed E-state index contributed by atoms with van der Waals surface area (Å²) in [6, 6.07) is 8.69. The predicted octanol–water partition coefficient (Wildman–Crippen LogP) is 1.77. The molecule has 6 nitrogen and oxygen atoms in total. The van der Waals surface area contributed by atoms with Gasteiger partial charge < -0.3 is 15.6 Å². The van der Waals surface area contributed by atoms with Gasteiger partial charge in [0.25, 0.3) is 0 Å². The molecule has 1 aromatic heterocycles. The molecule has 0 spiro atoms. The summed E-state index contributed by atoms with van der Waals surface area (Å²) in [5.41, 5.74) is 6.76. The lowest BCUT2D eigenvalue weighted by molar-refractivity contribution is -0.122. The average Bonchev–Trinajstić information content (AvgIpc) is 2.96. The molecule has 0 saturated heterocycles. The Labute approximate surface area is 147 Å². The summed E-state index contributed by atoms with van der Waals surface area (Å²) in [6.07, 6.45) is 3.25. The quantitative estimate of drug-likeness (QED) is 0.872. The highest BCUT2D eigenvalue weighted by Gasteiger charge is 2.18. The largest absolute Gasteiger partial charge is 0.347 e. The highest BCUT2D eigenvalue weighted by molar-refractivity contribution is 5.85. The van der Waals surface area contributed by atoms with Crippen LogP contribution in [0.5, 0.6) is 0 Å². The Bertz CT molecular complexity index is 632. The number of amides is 1. The number of nitrogens with zero attached hydrogens (tertiary/aromatic N) is 3. The molecule has 0 aliphatic carbocycles. The molecule has 3 rings (SSSR count). The summed E-state index contributed by atoms with van der Waals surface area (Å²) in [7, 11) is 0. The number of nitrogens with two attached hydrogens (primary N) is 1. The van der Waals surface area contributed by atoms with Gasteiger partial charge in [0.2, 0.25) is 5.91 Å². The van der Waals surface area contributed by atoms with Gasteiger partial charge in [0.1, 0.15) is 11.9 Å². The number of nitrogens with one attached hydrogen (secondary N) is 1. The minimum absolute atomic E-state index is 0. The van der Waals surface area contributed by atoms with E-state index in [2.05, 4.69) is 20.1 Å². The Balaban J connectivity index is 0.00000132. The summed E-state index contributed by atoms with van der Waals surface area (Å²) < 4.78 is 2.10. The van der Waals surface area contributed by atoms with Crippen LogP contribution < -0.4 is 11.1 Å². The number of fused-ring (bicyclic) bond motifs is 1. The van der Waals surface area contributed by atoms with Gasteiger partial charge in [-0.15, -0.1) is 35.0 Å². The SMILES string of the molecule is Cl.Cl.NC(C(=O)NCc1nnc2n1CCCC2)c1ccccc1. The van der Waals surface area contributed by atoms with E-state index in [1.807, 2.05) is 30.3 Å². The third-order valence-corrected chi connectivity index (χ3v) is 3.80. The molecule has 1 aliphatic heterocycles. The Morgan fingerprint density at radius 1 is 1.22 bits per heavy atom. The second-order valence-corrected chi connectivity index (χ2v) is 5.25. The molecule has 0 radical (unpaired) electrons. The highest BCUT2D eigenvalue weighted by atomic mass is 35.5. The third kappa shape index (κ3) is 4.43. The Morgan fingerprint density at radius 3 is 2.70 bits per heavy atom.